The normalized spacial score (nSPS) is 12.5. The van der Waals surface area contributed by atoms with Gasteiger partial charge in [-0.3, -0.25) is 14.0 Å². The Morgan fingerprint density at radius 3 is 2.56 bits per heavy atom. The molecule has 0 aliphatic heterocycles. The Labute approximate surface area is 195 Å². The molecule has 1 amide bonds. The maximum atomic E-state index is 11.6. The fraction of sp³-hybridized carbons (Fsp3) is 0.857. The van der Waals surface area contributed by atoms with Crippen LogP contribution >= 0.6 is 82.3 Å². The van der Waals surface area contributed by atoms with E-state index in [4.69, 9.17) is 5.11 Å². The lowest BCUT2D eigenvalue weighted by Crippen LogP contribution is -2.22. The van der Waals surface area contributed by atoms with Crippen LogP contribution in [-0.2, 0) is 10.8 Å². The van der Waals surface area contributed by atoms with Crippen LogP contribution in [0.3, 0.4) is 0 Å². The summed E-state index contributed by atoms with van der Waals surface area (Å²) in [6.07, 6.45) is 2.08. The SMILES string of the molecule is CSCSCCSC(=O)NCCSCSCCN=CS(=O)CSCSCO. The minimum Gasteiger partial charge on any atom is -0.386 e. The highest BCUT2D eigenvalue weighted by atomic mass is 32.2. The summed E-state index contributed by atoms with van der Waals surface area (Å²) in [4.78, 5) is 15.8. The Morgan fingerprint density at radius 1 is 1.04 bits per heavy atom. The lowest BCUT2D eigenvalue weighted by atomic mass is 10.8. The highest BCUT2D eigenvalue weighted by Crippen LogP contribution is 2.13. The van der Waals surface area contributed by atoms with Crippen molar-refractivity contribution < 1.29 is 14.1 Å². The molecule has 0 saturated carbocycles. The summed E-state index contributed by atoms with van der Waals surface area (Å²) in [5, 5.41) is 15.0. The molecule has 0 heterocycles. The molecular formula is C14H28N2O3S8. The second-order valence-corrected chi connectivity index (χ2v) is 14.4. The van der Waals surface area contributed by atoms with E-state index >= 15 is 0 Å². The van der Waals surface area contributed by atoms with Gasteiger partial charge in [-0.15, -0.1) is 47.0 Å². The number of rotatable bonds is 19. The quantitative estimate of drug-likeness (QED) is 0.111. The first kappa shape index (κ1) is 28.7. The molecule has 0 aliphatic rings. The van der Waals surface area contributed by atoms with E-state index in [1.54, 1.807) is 35.3 Å². The number of aliphatic hydroxyl groups excluding tert-OH is 1. The molecule has 13 heteroatoms. The highest BCUT2D eigenvalue weighted by Gasteiger charge is 2.01. The van der Waals surface area contributed by atoms with E-state index < -0.39 is 10.8 Å². The van der Waals surface area contributed by atoms with Crippen LogP contribution < -0.4 is 5.32 Å². The molecule has 0 aromatic heterocycles. The number of amides is 1. The monoisotopic (exact) mass is 528 g/mol. The topological polar surface area (TPSA) is 78.8 Å². The molecule has 0 bridgehead atoms. The summed E-state index contributed by atoms with van der Waals surface area (Å²) >= 11 is 11.6. The molecule has 0 aromatic rings. The fourth-order valence-electron chi connectivity index (χ4n) is 1.28. The number of aliphatic hydroxyl groups is 1. The number of nitrogens with one attached hydrogen (secondary N) is 1. The molecule has 5 nitrogen and oxygen atoms in total. The molecule has 160 valence electrons. The van der Waals surface area contributed by atoms with Gasteiger partial charge < -0.3 is 10.4 Å². The van der Waals surface area contributed by atoms with Gasteiger partial charge in [0.25, 0.3) is 5.24 Å². The Kier molecular flexibility index (Phi) is 25.5. The first-order valence-electron chi connectivity index (χ1n) is 7.97. The van der Waals surface area contributed by atoms with E-state index in [1.807, 2.05) is 23.5 Å². The Hall–Kier alpha value is 1.70. The van der Waals surface area contributed by atoms with Crippen molar-refractivity contribution in [2.75, 3.05) is 68.6 Å². The summed E-state index contributed by atoms with van der Waals surface area (Å²) < 4.78 is 11.6. The fourth-order valence-corrected chi connectivity index (χ4v) is 8.34. The standard InChI is InChI=1S/C14H28N2O3S8/c1-20-10-23-6-7-26-14(18)16-3-5-22-11-21-4-2-15-8-27(19)13-25-12-24-9-17/h8,17H,2-7,9-13H2,1H3,(H,16,18). The summed E-state index contributed by atoms with van der Waals surface area (Å²) in [6, 6.07) is 0. The summed E-state index contributed by atoms with van der Waals surface area (Å²) in [5.41, 5.74) is 1.52. The van der Waals surface area contributed by atoms with Crippen molar-refractivity contribution >= 4 is 104 Å². The third-order valence-electron chi connectivity index (χ3n) is 2.36. The molecule has 0 aromatic carbocycles. The van der Waals surface area contributed by atoms with E-state index in [1.165, 1.54) is 29.1 Å². The van der Waals surface area contributed by atoms with E-state index in [9.17, 15) is 9.00 Å². The Bertz CT molecular complexity index is 405. The number of carbonyl (C=O) groups excluding carboxylic acids is 1. The molecule has 27 heavy (non-hydrogen) atoms. The Morgan fingerprint density at radius 2 is 1.78 bits per heavy atom. The van der Waals surface area contributed by atoms with Crippen molar-refractivity contribution in [2.45, 2.75) is 0 Å². The van der Waals surface area contributed by atoms with Crippen molar-refractivity contribution in [1.82, 2.24) is 5.32 Å². The average Bonchev–Trinajstić information content (AvgIpc) is 2.66. The summed E-state index contributed by atoms with van der Waals surface area (Å²) in [5.74, 6) is 3.81. The van der Waals surface area contributed by atoms with Gasteiger partial charge in [0.15, 0.2) is 0 Å². The zero-order valence-corrected chi connectivity index (χ0v) is 21.9. The van der Waals surface area contributed by atoms with Gasteiger partial charge in [-0.25, -0.2) is 0 Å². The largest absolute Gasteiger partial charge is 0.386 e. The van der Waals surface area contributed by atoms with Gasteiger partial charge in [0, 0.05) is 51.4 Å². The highest BCUT2D eigenvalue weighted by molar-refractivity contribution is 8.22. The number of aliphatic imine (C=N–C) groups is 1. The number of nitrogens with zero attached hydrogens (tertiary/aromatic N) is 1. The summed E-state index contributed by atoms with van der Waals surface area (Å²) in [6.45, 7) is 1.38. The third kappa shape index (κ3) is 23.8. The second-order valence-electron chi connectivity index (χ2n) is 4.48. The van der Waals surface area contributed by atoms with Crippen molar-refractivity contribution in [3.8, 4) is 0 Å². The molecule has 0 rings (SSSR count). The smallest absolute Gasteiger partial charge is 0.279 e. The molecule has 0 fully saturated rings. The van der Waals surface area contributed by atoms with Crippen LogP contribution in [0.4, 0.5) is 4.79 Å². The average molecular weight is 529 g/mol. The lowest BCUT2D eigenvalue weighted by molar-refractivity contribution is 0.261. The van der Waals surface area contributed by atoms with E-state index in [2.05, 4.69) is 16.6 Å². The van der Waals surface area contributed by atoms with Gasteiger partial charge in [0.1, 0.15) is 0 Å². The van der Waals surface area contributed by atoms with Crippen LogP contribution in [0.2, 0.25) is 0 Å². The molecule has 0 aliphatic carbocycles. The molecule has 0 saturated heterocycles. The predicted molar refractivity (Wildman–Crippen MR) is 140 cm³/mol. The Balaban J connectivity index is 3.31. The molecule has 0 spiro atoms. The summed E-state index contributed by atoms with van der Waals surface area (Å²) in [7, 11) is -1.03. The van der Waals surface area contributed by atoms with Crippen LogP contribution in [0.1, 0.15) is 0 Å². The van der Waals surface area contributed by atoms with Gasteiger partial charge in [-0.1, -0.05) is 11.8 Å². The minimum absolute atomic E-state index is 0.0726. The van der Waals surface area contributed by atoms with E-state index in [0.29, 0.717) is 18.2 Å². The number of thioether (sulfide) groups is 7. The van der Waals surface area contributed by atoms with E-state index in [-0.39, 0.29) is 11.2 Å². The zero-order chi connectivity index (χ0) is 20.0. The lowest BCUT2D eigenvalue weighted by Gasteiger charge is -2.04. The van der Waals surface area contributed by atoms with Crippen LogP contribution in [0.25, 0.3) is 0 Å². The van der Waals surface area contributed by atoms with Crippen molar-refractivity contribution in [1.29, 1.82) is 0 Å². The van der Waals surface area contributed by atoms with Gasteiger partial charge in [0.05, 0.1) is 27.4 Å². The number of carbonyl (C=O) groups is 1. The van der Waals surface area contributed by atoms with Gasteiger partial charge in [0.2, 0.25) is 0 Å². The molecular weight excluding hydrogens is 501 g/mol. The van der Waals surface area contributed by atoms with Crippen LogP contribution in [0, 0.1) is 0 Å². The van der Waals surface area contributed by atoms with Crippen LogP contribution in [0.15, 0.2) is 4.99 Å². The third-order valence-corrected chi connectivity index (χ3v) is 11.3. The molecule has 0 radical (unpaired) electrons. The maximum Gasteiger partial charge on any atom is 0.279 e. The number of hydrogen-bond donors (Lipinski definition) is 2. The van der Waals surface area contributed by atoms with Gasteiger partial charge in [-0.05, 0) is 6.26 Å². The second kappa shape index (κ2) is 24.0. The molecule has 2 N–H and O–H groups in total. The molecule has 1 unspecified atom stereocenters. The maximum absolute atomic E-state index is 11.6. The first-order valence-corrected chi connectivity index (χ1v) is 17.5. The van der Waals surface area contributed by atoms with Crippen molar-refractivity contribution in [3.63, 3.8) is 0 Å². The predicted octanol–water partition coefficient (Wildman–Crippen LogP) is 4.02. The van der Waals surface area contributed by atoms with Crippen LogP contribution in [-0.4, -0.2) is 88.7 Å². The van der Waals surface area contributed by atoms with Crippen LogP contribution in [0.5, 0.6) is 0 Å². The van der Waals surface area contributed by atoms with Gasteiger partial charge in [-0.2, -0.15) is 23.5 Å². The van der Waals surface area contributed by atoms with Crippen molar-refractivity contribution in [2.24, 2.45) is 4.99 Å². The van der Waals surface area contributed by atoms with E-state index in [0.717, 1.165) is 38.3 Å². The minimum atomic E-state index is -1.03. The van der Waals surface area contributed by atoms with Crippen molar-refractivity contribution in [3.05, 3.63) is 0 Å². The zero-order valence-electron chi connectivity index (χ0n) is 15.3. The van der Waals surface area contributed by atoms with Gasteiger partial charge >= 0.3 is 0 Å². The molecule has 1 atom stereocenters. The number of hydrogen-bond acceptors (Lipinski definition) is 11. The first-order chi connectivity index (χ1) is 13.2.